The zero-order valence-electron chi connectivity index (χ0n) is 9.12. The molecule has 2 unspecified atom stereocenters. The predicted molar refractivity (Wildman–Crippen MR) is 70.5 cm³/mol. The van der Waals surface area contributed by atoms with Crippen molar-refractivity contribution in [1.82, 2.24) is 0 Å². The van der Waals surface area contributed by atoms with Crippen molar-refractivity contribution in [2.75, 3.05) is 0 Å². The molecule has 0 bridgehead atoms. The maximum atomic E-state index is 10.1. The molecule has 0 saturated heterocycles. The van der Waals surface area contributed by atoms with Crippen LogP contribution in [0, 0.1) is 0 Å². The summed E-state index contributed by atoms with van der Waals surface area (Å²) in [4.78, 5) is 0. The normalized spacial score (nSPS) is 14.3. The number of hydrogen-bond donors (Lipinski definition) is 2. The van der Waals surface area contributed by atoms with Gasteiger partial charge in [-0.25, -0.2) is 0 Å². The fourth-order valence-electron chi connectivity index (χ4n) is 1.72. The zero-order chi connectivity index (χ0) is 12.3. The lowest BCUT2D eigenvalue weighted by molar-refractivity contribution is 0.0168. The lowest BCUT2D eigenvalue weighted by Gasteiger charge is -2.19. The van der Waals surface area contributed by atoms with Crippen molar-refractivity contribution < 1.29 is 10.2 Å². The minimum absolute atomic E-state index is 0.684. The molecule has 2 N–H and O–H groups in total. The van der Waals surface area contributed by atoms with E-state index in [1.54, 1.807) is 18.2 Å². The Balaban J connectivity index is 2.27. The summed E-state index contributed by atoms with van der Waals surface area (Å²) >= 11 is 3.37. The summed E-state index contributed by atoms with van der Waals surface area (Å²) in [5, 5.41) is 20.2. The first-order valence-electron chi connectivity index (χ1n) is 5.35. The van der Waals surface area contributed by atoms with E-state index in [4.69, 9.17) is 0 Å². The second kappa shape index (κ2) is 5.45. The Morgan fingerprint density at radius 3 is 2.00 bits per heavy atom. The summed E-state index contributed by atoms with van der Waals surface area (Å²) in [5.41, 5.74) is 1.39. The van der Waals surface area contributed by atoms with Crippen LogP contribution in [0.4, 0.5) is 0 Å². The van der Waals surface area contributed by atoms with E-state index in [0.717, 1.165) is 4.47 Å². The molecule has 17 heavy (non-hydrogen) atoms. The molecule has 2 atom stereocenters. The number of halogens is 1. The van der Waals surface area contributed by atoms with E-state index >= 15 is 0 Å². The molecule has 0 aromatic heterocycles. The van der Waals surface area contributed by atoms with Gasteiger partial charge in [0.25, 0.3) is 0 Å². The van der Waals surface area contributed by atoms with E-state index in [1.165, 1.54) is 0 Å². The van der Waals surface area contributed by atoms with Crippen molar-refractivity contribution in [3.05, 3.63) is 70.2 Å². The van der Waals surface area contributed by atoms with E-state index in [2.05, 4.69) is 15.9 Å². The van der Waals surface area contributed by atoms with Gasteiger partial charge in [-0.3, -0.25) is 0 Å². The first kappa shape index (κ1) is 12.3. The van der Waals surface area contributed by atoms with E-state index in [9.17, 15) is 10.2 Å². The molecule has 0 aliphatic heterocycles. The fraction of sp³-hybridized carbons (Fsp3) is 0.143. The minimum Gasteiger partial charge on any atom is -0.385 e. The third-order valence-corrected chi connectivity index (χ3v) is 3.39. The zero-order valence-corrected chi connectivity index (χ0v) is 10.7. The second-order valence-electron chi connectivity index (χ2n) is 3.82. The Labute approximate surface area is 109 Å². The Morgan fingerprint density at radius 1 is 0.765 bits per heavy atom. The van der Waals surface area contributed by atoms with Crippen LogP contribution in [-0.4, -0.2) is 10.2 Å². The molecule has 0 aliphatic rings. The van der Waals surface area contributed by atoms with E-state index < -0.39 is 12.2 Å². The highest BCUT2D eigenvalue weighted by molar-refractivity contribution is 9.10. The van der Waals surface area contributed by atoms with Crippen molar-refractivity contribution >= 4 is 15.9 Å². The van der Waals surface area contributed by atoms with Gasteiger partial charge in [0.2, 0.25) is 0 Å². The van der Waals surface area contributed by atoms with Gasteiger partial charge in [-0.05, 0) is 17.2 Å². The first-order chi connectivity index (χ1) is 8.20. The Kier molecular flexibility index (Phi) is 3.94. The summed E-state index contributed by atoms with van der Waals surface area (Å²) in [6.07, 6.45) is -1.86. The molecule has 0 fully saturated rings. The molecule has 88 valence electrons. The smallest absolute Gasteiger partial charge is 0.110 e. The summed E-state index contributed by atoms with van der Waals surface area (Å²) < 4.78 is 0.794. The minimum atomic E-state index is -0.937. The maximum Gasteiger partial charge on any atom is 0.110 e. The Hall–Kier alpha value is -1.16. The van der Waals surface area contributed by atoms with Crippen LogP contribution >= 0.6 is 15.9 Å². The van der Waals surface area contributed by atoms with Crippen LogP contribution in [0.5, 0.6) is 0 Å². The molecular formula is C14H13BrO2. The van der Waals surface area contributed by atoms with Gasteiger partial charge < -0.3 is 10.2 Å². The number of hydrogen-bond acceptors (Lipinski definition) is 2. The molecule has 0 spiro atoms. The Bertz CT molecular complexity index is 485. The van der Waals surface area contributed by atoms with Crippen LogP contribution in [-0.2, 0) is 0 Å². The lowest BCUT2D eigenvalue weighted by atomic mass is 9.98. The highest BCUT2D eigenvalue weighted by atomic mass is 79.9. The van der Waals surface area contributed by atoms with Crippen molar-refractivity contribution in [3.8, 4) is 0 Å². The maximum absolute atomic E-state index is 10.1. The highest BCUT2D eigenvalue weighted by Crippen LogP contribution is 2.32. The van der Waals surface area contributed by atoms with Crippen LogP contribution in [0.3, 0.4) is 0 Å². The number of rotatable bonds is 3. The van der Waals surface area contributed by atoms with Crippen LogP contribution in [0.15, 0.2) is 59.1 Å². The van der Waals surface area contributed by atoms with Gasteiger partial charge in [-0.2, -0.15) is 0 Å². The van der Waals surface area contributed by atoms with Crippen molar-refractivity contribution in [1.29, 1.82) is 0 Å². The summed E-state index contributed by atoms with van der Waals surface area (Å²) in [5.74, 6) is 0. The molecule has 0 aliphatic carbocycles. The topological polar surface area (TPSA) is 40.5 Å². The molecule has 2 aromatic carbocycles. The van der Waals surface area contributed by atoms with Crippen molar-refractivity contribution in [2.45, 2.75) is 12.2 Å². The molecule has 3 heteroatoms. The standard InChI is InChI=1S/C14H13BrO2/c15-12-9-5-4-8-11(12)14(17)13(16)10-6-2-1-3-7-10/h1-9,13-14,16-17H. The summed E-state index contributed by atoms with van der Waals surface area (Å²) in [6, 6.07) is 16.5. The van der Waals surface area contributed by atoms with Gasteiger partial charge >= 0.3 is 0 Å². The molecule has 2 aromatic rings. The molecule has 0 radical (unpaired) electrons. The van der Waals surface area contributed by atoms with E-state index in [0.29, 0.717) is 11.1 Å². The van der Waals surface area contributed by atoms with Crippen LogP contribution in [0.25, 0.3) is 0 Å². The predicted octanol–water partition coefficient (Wildman–Crippen LogP) is 3.22. The van der Waals surface area contributed by atoms with Gasteiger partial charge in [0.05, 0.1) is 0 Å². The van der Waals surface area contributed by atoms with Crippen molar-refractivity contribution in [2.24, 2.45) is 0 Å². The fourth-order valence-corrected chi connectivity index (χ4v) is 2.24. The molecular weight excluding hydrogens is 280 g/mol. The van der Waals surface area contributed by atoms with Crippen LogP contribution < -0.4 is 0 Å². The van der Waals surface area contributed by atoms with Gasteiger partial charge in [0.1, 0.15) is 12.2 Å². The third-order valence-electron chi connectivity index (χ3n) is 2.66. The van der Waals surface area contributed by atoms with E-state index in [1.807, 2.05) is 36.4 Å². The highest BCUT2D eigenvalue weighted by Gasteiger charge is 2.21. The van der Waals surface area contributed by atoms with Gasteiger partial charge in [-0.15, -0.1) is 0 Å². The Morgan fingerprint density at radius 2 is 1.35 bits per heavy atom. The van der Waals surface area contributed by atoms with Crippen molar-refractivity contribution in [3.63, 3.8) is 0 Å². The molecule has 2 nitrogen and oxygen atoms in total. The van der Waals surface area contributed by atoms with Gasteiger partial charge in [0.15, 0.2) is 0 Å². The quantitative estimate of drug-likeness (QED) is 0.912. The van der Waals surface area contributed by atoms with Crippen LogP contribution in [0.1, 0.15) is 23.3 Å². The summed E-state index contributed by atoms with van der Waals surface area (Å²) in [6.45, 7) is 0. The van der Waals surface area contributed by atoms with Crippen LogP contribution in [0.2, 0.25) is 0 Å². The number of benzene rings is 2. The lowest BCUT2D eigenvalue weighted by Crippen LogP contribution is -2.10. The SMILES string of the molecule is OC(c1ccccc1)C(O)c1ccccc1Br. The largest absolute Gasteiger partial charge is 0.385 e. The first-order valence-corrected chi connectivity index (χ1v) is 6.15. The van der Waals surface area contributed by atoms with E-state index in [-0.39, 0.29) is 0 Å². The number of aliphatic hydroxyl groups is 2. The number of aliphatic hydroxyl groups excluding tert-OH is 2. The second-order valence-corrected chi connectivity index (χ2v) is 4.68. The molecule has 0 saturated carbocycles. The molecule has 0 heterocycles. The average Bonchev–Trinajstić information content (AvgIpc) is 2.39. The monoisotopic (exact) mass is 292 g/mol. The third kappa shape index (κ3) is 2.75. The van der Waals surface area contributed by atoms with Gasteiger partial charge in [-0.1, -0.05) is 64.5 Å². The molecule has 2 rings (SSSR count). The summed E-state index contributed by atoms with van der Waals surface area (Å²) in [7, 11) is 0. The molecule has 0 amide bonds. The van der Waals surface area contributed by atoms with Gasteiger partial charge in [0, 0.05) is 4.47 Å². The average molecular weight is 293 g/mol.